The van der Waals surface area contributed by atoms with Crippen molar-refractivity contribution < 1.29 is 0 Å². The molecule has 17 heavy (non-hydrogen) atoms. The zero-order valence-electron chi connectivity index (χ0n) is 10.2. The summed E-state index contributed by atoms with van der Waals surface area (Å²) in [6.45, 7) is 4.06. The Morgan fingerprint density at radius 2 is 2.06 bits per heavy atom. The highest BCUT2D eigenvalue weighted by molar-refractivity contribution is 5.18. The summed E-state index contributed by atoms with van der Waals surface area (Å²) < 4.78 is 1.95. The summed E-state index contributed by atoms with van der Waals surface area (Å²) in [6.07, 6.45) is 4.91. The van der Waals surface area contributed by atoms with Gasteiger partial charge in [0.15, 0.2) is 0 Å². The van der Waals surface area contributed by atoms with Gasteiger partial charge in [0.05, 0.1) is 6.54 Å². The molecule has 0 aliphatic rings. The molecule has 0 saturated heterocycles. The third-order valence-corrected chi connectivity index (χ3v) is 2.90. The monoisotopic (exact) mass is 229 g/mol. The predicted octanol–water partition coefficient (Wildman–Crippen LogP) is 2.62. The molecule has 0 bridgehead atoms. The standard InChI is InChI=1S/C14H19N3/c1-2-14(13-7-4-3-5-8-13)15-10-12-17-11-6-9-16-17/h3-9,11,14-15H,2,10,12H2,1H3. The second-order valence-electron chi connectivity index (χ2n) is 4.09. The number of aromatic nitrogens is 2. The molecule has 90 valence electrons. The SMILES string of the molecule is CCC(NCCn1cccn1)c1ccccc1. The normalized spacial score (nSPS) is 12.5. The van der Waals surface area contributed by atoms with Gasteiger partial charge in [-0.25, -0.2) is 0 Å². The second kappa shape index (κ2) is 6.21. The van der Waals surface area contributed by atoms with E-state index < -0.39 is 0 Å². The highest BCUT2D eigenvalue weighted by Gasteiger charge is 2.06. The van der Waals surface area contributed by atoms with Crippen LogP contribution in [-0.2, 0) is 6.54 Å². The van der Waals surface area contributed by atoms with Crippen LogP contribution in [0.15, 0.2) is 48.8 Å². The minimum absolute atomic E-state index is 0.437. The summed E-state index contributed by atoms with van der Waals surface area (Å²) in [5.41, 5.74) is 1.36. The lowest BCUT2D eigenvalue weighted by Crippen LogP contribution is -2.25. The van der Waals surface area contributed by atoms with Gasteiger partial charge in [-0.15, -0.1) is 0 Å². The molecule has 0 spiro atoms. The van der Waals surface area contributed by atoms with Crippen LogP contribution in [-0.4, -0.2) is 16.3 Å². The van der Waals surface area contributed by atoms with Gasteiger partial charge < -0.3 is 5.32 Å². The zero-order chi connectivity index (χ0) is 11.9. The van der Waals surface area contributed by atoms with Crippen LogP contribution in [0.1, 0.15) is 24.9 Å². The fourth-order valence-corrected chi connectivity index (χ4v) is 1.97. The number of nitrogens with zero attached hydrogens (tertiary/aromatic N) is 2. The number of benzene rings is 1. The maximum absolute atomic E-state index is 4.19. The first kappa shape index (κ1) is 11.9. The molecule has 3 nitrogen and oxygen atoms in total. The van der Waals surface area contributed by atoms with Crippen molar-refractivity contribution >= 4 is 0 Å². The van der Waals surface area contributed by atoms with Crippen LogP contribution < -0.4 is 5.32 Å². The van der Waals surface area contributed by atoms with Gasteiger partial charge in [-0.05, 0) is 18.1 Å². The van der Waals surface area contributed by atoms with Crippen molar-refractivity contribution in [2.45, 2.75) is 25.9 Å². The van der Waals surface area contributed by atoms with Crippen molar-refractivity contribution in [1.82, 2.24) is 15.1 Å². The Bertz CT molecular complexity index is 408. The summed E-state index contributed by atoms with van der Waals surface area (Å²) in [6, 6.07) is 13.0. The van der Waals surface area contributed by atoms with E-state index in [9.17, 15) is 0 Å². The van der Waals surface area contributed by atoms with E-state index in [2.05, 4.69) is 47.7 Å². The molecule has 2 rings (SSSR count). The van der Waals surface area contributed by atoms with Crippen LogP contribution in [0, 0.1) is 0 Å². The summed E-state index contributed by atoms with van der Waals surface area (Å²) in [5.74, 6) is 0. The Labute approximate surface area is 102 Å². The van der Waals surface area contributed by atoms with E-state index in [0.29, 0.717) is 6.04 Å². The Kier molecular flexibility index (Phi) is 4.33. The lowest BCUT2D eigenvalue weighted by molar-refractivity contribution is 0.477. The zero-order valence-corrected chi connectivity index (χ0v) is 10.2. The molecular weight excluding hydrogens is 210 g/mol. The van der Waals surface area contributed by atoms with Crippen LogP contribution in [0.2, 0.25) is 0 Å². The third-order valence-electron chi connectivity index (χ3n) is 2.90. The van der Waals surface area contributed by atoms with Crippen LogP contribution in [0.4, 0.5) is 0 Å². The lowest BCUT2D eigenvalue weighted by Gasteiger charge is -2.17. The molecule has 0 amide bonds. The molecule has 1 unspecified atom stereocenters. The summed E-state index contributed by atoms with van der Waals surface area (Å²) in [5, 5.41) is 7.75. The van der Waals surface area contributed by atoms with Gasteiger partial charge in [-0.2, -0.15) is 5.10 Å². The number of rotatable bonds is 6. The number of hydrogen-bond acceptors (Lipinski definition) is 2. The van der Waals surface area contributed by atoms with E-state index in [1.54, 1.807) is 0 Å². The molecule has 0 aliphatic heterocycles. The minimum atomic E-state index is 0.437. The van der Waals surface area contributed by atoms with E-state index in [1.807, 2.05) is 23.1 Å². The average Bonchev–Trinajstić information content (AvgIpc) is 2.89. The Balaban J connectivity index is 1.84. The fraction of sp³-hybridized carbons (Fsp3) is 0.357. The average molecular weight is 229 g/mol. The summed E-state index contributed by atoms with van der Waals surface area (Å²) >= 11 is 0. The van der Waals surface area contributed by atoms with Crippen molar-refractivity contribution in [2.24, 2.45) is 0 Å². The van der Waals surface area contributed by atoms with Gasteiger partial charge >= 0.3 is 0 Å². The molecule has 1 aromatic heterocycles. The quantitative estimate of drug-likeness (QED) is 0.825. The molecule has 1 heterocycles. The van der Waals surface area contributed by atoms with Gasteiger partial charge in [0.1, 0.15) is 0 Å². The molecule has 1 N–H and O–H groups in total. The van der Waals surface area contributed by atoms with E-state index >= 15 is 0 Å². The van der Waals surface area contributed by atoms with Gasteiger partial charge in [0.25, 0.3) is 0 Å². The third kappa shape index (κ3) is 3.43. The van der Waals surface area contributed by atoms with Gasteiger partial charge in [-0.1, -0.05) is 37.3 Å². The Morgan fingerprint density at radius 3 is 2.71 bits per heavy atom. The maximum atomic E-state index is 4.19. The van der Waals surface area contributed by atoms with Crippen LogP contribution in [0.25, 0.3) is 0 Å². The minimum Gasteiger partial charge on any atom is -0.308 e. The molecule has 2 aromatic rings. The van der Waals surface area contributed by atoms with Crippen molar-refractivity contribution in [2.75, 3.05) is 6.54 Å². The first-order valence-electron chi connectivity index (χ1n) is 6.16. The van der Waals surface area contributed by atoms with E-state index in [-0.39, 0.29) is 0 Å². The fourth-order valence-electron chi connectivity index (χ4n) is 1.97. The van der Waals surface area contributed by atoms with E-state index in [0.717, 1.165) is 19.5 Å². The molecule has 0 saturated carbocycles. The first-order valence-corrected chi connectivity index (χ1v) is 6.16. The lowest BCUT2D eigenvalue weighted by atomic mass is 10.1. The van der Waals surface area contributed by atoms with E-state index in [4.69, 9.17) is 0 Å². The smallest absolute Gasteiger partial charge is 0.0534 e. The van der Waals surface area contributed by atoms with Gasteiger partial charge in [-0.3, -0.25) is 4.68 Å². The molecule has 0 radical (unpaired) electrons. The molecule has 0 fully saturated rings. The van der Waals surface area contributed by atoms with Crippen molar-refractivity contribution in [3.8, 4) is 0 Å². The Morgan fingerprint density at radius 1 is 1.24 bits per heavy atom. The highest BCUT2D eigenvalue weighted by atomic mass is 15.3. The van der Waals surface area contributed by atoms with Crippen LogP contribution in [0.5, 0.6) is 0 Å². The Hall–Kier alpha value is -1.61. The summed E-state index contributed by atoms with van der Waals surface area (Å²) in [4.78, 5) is 0. The predicted molar refractivity (Wildman–Crippen MR) is 69.7 cm³/mol. The summed E-state index contributed by atoms with van der Waals surface area (Å²) in [7, 11) is 0. The molecule has 1 aromatic carbocycles. The van der Waals surface area contributed by atoms with Crippen molar-refractivity contribution in [3.05, 3.63) is 54.4 Å². The molecular formula is C14H19N3. The molecule has 1 atom stereocenters. The van der Waals surface area contributed by atoms with Crippen molar-refractivity contribution in [1.29, 1.82) is 0 Å². The highest BCUT2D eigenvalue weighted by Crippen LogP contribution is 2.15. The van der Waals surface area contributed by atoms with Gasteiger partial charge in [0.2, 0.25) is 0 Å². The number of hydrogen-bond donors (Lipinski definition) is 1. The second-order valence-corrected chi connectivity index (χ2v) is 4.09. The van der Waals surface area contributed by atoms with E-state index in [1.165, 1.54) is 5.56 Å². The molecule has 3 heteroatoms. The van der Waals surface area contributed by atoms with Crippen LogP contribution >= 0.6 is 0 Å². The maximum Gasteiger partial charge on any atom is 0.0534 e. The largest absolute Gasteiger partial charge is 0.308 e. The first-order chi connectivity index (χ1) is 8.40. The topological polar surface area (TPSA) is 29.9 Å². The number of nitrogens with one attached hydrogen (secondary N) is 1. The van der Waals surface area contributed by atoms with Crippen molar-refractivity contribution in [3.63, 3.8) is 0 Å². The van der Waals surface area contributed by atoms with Crippen LogP contribution in [0.3, 0.4) is 0 Å². The van der Waals surface area contributed by atoms with Gasteiger partial charge in [0, 0.05) is 25.0 Å². The molecule has 0 aliphatic carbocycles.